The first-order valence-electron chi connectivity index (χ1n) is 4.66. The lowest BCUT2D eigenvalue weighted by Gasteiger charge is -2.00. The smallest absolute Gasteiger partial charge is 0.285 e. The number of hydrogen-bond acceptors (Lipinski definition) is 4. The van der Waals surface area contributed by atoms with Crippen LogP contribution in [-0.4, -0.2) is 14.8 Å². The first-order valence-corrected chi connectivity index (χ1v) is 4.66. The zero-order valence-corrected chi connectivity index (χ0v) is 8.49. The van der Waals surface area contributed by atoms with Crippen LogP contribution in [0.25, 0.3) is 11.3 Å². The van der Waals surface area contributed by atoms with Crippen LogP contribution in [0.3, 0.4) is 0 Å². The van der Waals surface area contributed by atoms with Crippen molar-refractivity contribution >= 4 is 11.4 Å². The molecular weight excluding hydrogens is 226 g/mol. The maximum atomic E-state index is 10.9. The predicted molar refractivity (Wildman–Crippen MR) is 59.5 cm³/mol. The number of nitro benzene ring substituents is 2. The van der Waals surface area contributed by atoms with E-state index in [0.29, 0.717) is 11.3 Å². The summed E-state index contributed by atoms with van der Waals surface area (Å²) < 4.78 is 0. The van der Waals surface area contributed by atoms with E-state index in [1.807, 2.05) is 0 Å². The predicted octanol–water partition coefficient (Wildman–Crippen LogP) is 2.50. The molecule has 2 aromatic rings. The quantitative estimate of drug-likeness (QED) is 0.649. The molecule has 0 spiro atoms. The highest BCUT2D eigenvalue weighted by Crippen LogP contribution is 2.31. The molecule has 0 aliphatic rings. The molecule has 1 N–H and O–H groups in total. The van der Waals surface area contributed by atoms with Crippen molar-refractivity contribution < 1.29 is 9.85 Å². The van der Waals surface area contributed by atoms with Gasteiger partial charge in [-0.3, -0.25) is 20.2 Å². The molecule has 7 heteroatoms. The number of rotatable bonds is 3. The number of nitrogens with zero attached hydrogens (tertiary/aromatic N) is 2. The van der Waals surface area contributed by atoms with E-state index < -0.39 is 9.85 Å². The summed E-state index contributed by atoms with van der Waals surface area (Å²) in [5.41, 5.74) is 0.283. The van der Waals surface area contributed by atoms with Crippen LogP contribution in [0.5, 0.6) is 0 Å². The average molecular weight is 233 g/mol. The summed E-state index contributed by atoms with van der Waals surface area (Å²) in [6.45, 7) is 0. The SMILES string of the molecule is O=[N+]([O-])c1ccc(-c2ccc[nH]2)c([N+](=O)[O-])c1. The van der Waals surface area contributed by atoms with Gasteiger partial charge in [-0.25, -0.2) is 0 Å². The van der Waals surface area contributed by atoms with E-state index in [4.69, 9.17) is 0 Å². The fourth-order valence-corrected chi connectivity index (χ4v) is 1.51. The molecule has 0 bridgehead atoms. The molecule has 7 nitrogen and oxygen atoms in total. The second-order valence-corrected chi connectivity index (χ2v) is 3.30. The lowest BCUT2D eigenvalue weighted by Crippen LogP contribution is -1.95. The number of aromatic nitrogens is 1. The van der Waals surface area contributed by atoms with Crippen LogP contribution in [0.2, 0.25) is 0 Å². The molecule has 0 unspecified atom stereocenters. The highest BCUT2D eigenvalue weighted by molar-refractivity contribution is 5.72. The molecule has 0 saturated heterocycles. The molecule has 2 rings (SSSR count). The van der Waals surface area contributed by atoms with Crippen molar-refractivity contribution in [1.82, 2.24) is 4.98 Å². The molecule has 0 aliphatic carbocycles. The first-order chi connectivity index (χ1) is 8.09. The molecule has 0 aliphatic heterocycles. The third-order valence-electron chi connectivity index (χ3n) is 2.28. The van der Waals surface area contributed by atoms with Crippen molar-refractivity contribution in [1.29, 1.82) is 0 Å². The lowest BCUT2D eigenvalue weighted by atomic mass is 10.1. The van der Waals surface area contributed by atoms with Crippen LogP contribution >= 0.6 is 0 Å². The molecule has 1 heterocycles. The molecule has 0 fully saturated rings. The standard InChI is InChI=1S/C10H7N3O4/c14-12(15)7-3-4-8(9-2-1-5-11-9)10(6-7)13(16)17/h1-6,11H. The molecule has 1 aromatic heterocycles. The summed E-state index contributed by atoms with van der Waals surface area (Å²) in [4.78, 5) is 22.9. The summed E-state index contributed by atoms with van der Waals surface area (Å²) >= 11 is 0. The first kappa shape index (κ1) is 10.8. The Morgan fingerprint density at radius 2 is 1.82 bits per heavy atom. The summed E-state index contributed by atoms with van der Waals surface area (Å²) in [5.74, 6) is 0. The summed E-state index contributed by atoms with van der Waals surface area (Å²) in [6.07, 6.45) is 1.63. The number of aromatic amines is 1. The maximum absolute atomic E-state index is 10.9. The molecule has 0 saturated carbocycles. The van der Waals surface area contributed by atoms with Gasteiger partial charge in [-0.15, -0.1) is 0 Å². The lowest BCUT2D eigenvalue weighted by molar-refractivity contribution is -0.393. The van der Waals surface area contributed by atoms with Gasteiger partial charge in [-0.05, 0) is 18.2 Å². The van der Waals surface area contributed by atoms with Crippen LogP contribution in [0, 0.1) is 20.2 Å². The monoisotopic (exact) mass is 233 g/mol. The molecule has 17 heavy (non-hydrogen) atoms. The summed E-state index contributed by atoms with van der Waals surface area (Å²) in [5, 5.41) is 21.4. The van der Waals surface area contributed by atoms with Gasteiger partial charge in [0.25, 0.3) is 11.4 Å². The zero-order chi connectivity index (χ0) is 12.4. The second-order valence-electron chi connectivity index (χ2n) is 3.30. The Labute approximate surface area is 95.0 Å². The van der Waals surface area contributed by atoms with E-state index in [1.54, 1.807) is 18.3 Å². The van der Waals surface area contributed by atoms with Crippen molar-refractivity contribution in [3.63, 3.8) is 0 Å². The van der Waals surface area contributed by atoms with E-state index in [2.05, 4.69) is 4.98 Å². The van der Waals surface area contributed by atoms with Gasteiger partial charge in [0.05, 0.1) is 27.2 Å². The van der Waals surface area contributed by atoms with Gasteiger partial charge >= 0.3 is 0 Å². The van der Waals surface area contributed by atoms with Crippen LogP contribution < -0.4 is 0 Å². The third kappa shape index (κ3) is 1.98. The fourth-order valence-electron chi connectivity index (χ4n) is 1.51. The van der Waals surface area contributed by atoms with Gasteiger partial charge in [0.2, 0.25) is 0 Å². The molecule has 86 valence electrons. The molecule has 0 atom stereocenters. The van der Waals surface area contributed by atoms with Crippen molar-refractivity contribution in [3.05, 3.63) is 56.8 Å². The van der Waals surface area contributed by atoms with Crippen molar-refractivity contribution in [2.24, 2.45) is 0 Å². The summed E-state index contributed by atoms with van der Waals surface area (Å²) in [7, 11) is 0. The Balaban J connectivity index is 2.61. The van der Waals surface area contributed by atoms with Crippen LogP contribution in [0.4, 0.5) is 11.4 Å². The van der Waals surface area contributed by atoms with Gasteiger partial charge in [0.1, 0.15) is 0 Å². The van der Waals surface area contributed by atoms with Crippen molar-refractivity contribution in [3.8, 4) is 11.3 Å². The Morgan fingerprint density at radius 3 is 2.35 bits per heavy atom. The minimum absolute atomic E-state index is 0.290. The summed E-state index contributed by atoms with van der Waals surface area (Å²) in [6, 6.07) is 6.91. The van der Waals surface area contributed by atoms with Crippen LogP contribution in [-0.2, 0) is 0 Å². The third-order valence-corrected chi connectivity index (χ3v) is 2.28. The number of hydrogen-bond donors (Lipinski definition) is 1. The van der Waals surface area contributed by atoms with E-state index >= 15 is 0 Å². The Hall–Kier alpha value is -2.70. The van der Waals surface area contributed by atoms with E-state index in [1.165, 1.54) is 12.1 Å². The Bertz CT molecular complexity index is 577. The van der Waals surface area contributed by atoms with Crippen LogP contribution in [0.1, 0.15) is 0 Å². The van der Waals surface area contributed by atoms with Crippen LogP contribution in [0.15, 0.2) is 36.5 Å². The number of benzene rings is 1. The highest BCUT2D eigenvalue weighted by Gasteiger charge is 2.20. The van der Waals surface area contributed by atoms with Crippen molar-refractivity contribution in [2.45, 2.75) is 0 Å². The molecule has 1 aromatic carbocycles. The van der Waals surface area contributed by atoms with Crippen molar-refractivity contribution in [2.75, 3.05) is 0 Å². The van der Waals surface area contributed by atoms with Gasteiger partial charge in [-0.1, -0.05) is 0 Å². The highest BCUT2D eigenvalue weighted by atomic mass is 16.6. The molecule has 0 radical (unpaired) electrons. The number of nitrogens with one attached hydrogen (secondary N) is 1. The van der Waals surface area contributed by atoms with Gasteiger partial charge in [0, 0.05) is 12.3 Å². The van der Waals surface area contributed by atoms with E-state index in [-0.39, 0.29) is 11.4 Å². The van der Waals surface area contributed by atoms with Gasteiger partial charge < -0.3 is 4.98 Å². The Morgan fingerprint density at radius 1 is 1.06 bits per heavy atom. The zero-order valence-electron chi connectivity index (χ0n) is 8.49. The van der Waals surface area contributed by atoms with E-state index in [9.17, 15) is 20.2 Å². The molecule has 0 amide bonds. The maximum Gasteiger partial charge on any atom is 0.285 e. The minimum atomic E-state index is -0.661. The molecular formula is C10H7N3O4. The van der Waals surface area contributed by atoms with Gasteiger partial charge in [-0.2, -0.15) is 0 Å². The number of H-pyrrole nitrogens is 1. The fraction of sp³-hybridized carbons (Fsp3) is 0. The number of nitro groups is 2. The minimum Gasteiger partial charge on any atom is -0.361 e. The van der Waals surface area contributed by atoms with Gasteiger partial charge in [0.15, 0.2) is 0 Å². The second kappa shape index (κ2) is 4.05. The number of non-ortho nitro benzene ring substituents is 1. The van der Waals surface area contributed by atoms with E-state index in [0.717, 1.165) is 6.07 Å². The topological polar surface area (TPSA) is 102 Å². The Kier molecular flexibility index (Phi) is 2.57. The average Bonchev–Trinajstić information content (AvgIpc) is 2.81. The normalized spacial score (nSPS) is 10.1. The largest absolute Gasteiger partial charge is 0.361 e.